The number of carbonyl (C=O) groups is 1. The summed E-state index contributed by atoms with van der Waals surface area (Å²) >= 11 is 0. The molecule has 0 saturated carbocycles. The highest BCUT2D eigenvalue weighted by Gasteiger charge is 2.26. The maximum absolute atomic E-state index is 12.1. The van der Waals surface area contributed by atoms with Crippen LogP contribution >= 0.6 is 0 Å². The van der Waals surface area contributed by atoms with E-state index in [1.54, 1.807) is 18.2 Å². The van der Waals surface area contributed by atoms with Gasteiger partial charge in [-0.15, -0.1) is 6.58 Å². The summed E-state index contributed by atoms with van der Waals surface area (Å²) < 4.78 is 46.7. The number of alkyl halides is 3. The number of esters is 1. The third-order valence-electron chi connectivity index (χ3n) is 3.48. The number of hydrogen-bond acceptors (Lipinski definition) is 3. The maximum Gasteiger partial charge on any atom is 0.389 e. The van der Waals surface area contributed by atoms with Gasteiger partial charge in [-0.1, -0.05) is 18.2 Å². The maximum atomic E-state index is 12.1. The van der Waals surface area contributed by atoms with Crippen molar-refractivity contribution >= 4 is 5.97 Å². The molecule has 0 heterocycles. The minimum absolute atomic E-state index is 0.0413. The molecule has 2 rings (SSSR count). The first-order valence-corrected chi connectivity index (χ1v) is 8.09. The Balaban J connectivity index is 1.85. The molecule has 0 aromatic heterocycles. The van der Waals surface area contributed by atoms with Gasteiger partial charge in [0.1, 0.15) is 11.5 Å². The SMILES string of the molecule is C=CCc1ccc(OC(=O)c2ccc(OCCCC(F)(F)F)cc2)cc1. The third-order valence-corrected chi connectivity index (χ3v) is 3.48. The molecule has 26 heavy (non-hydrogen) atoms. The van der Waals surface area contributed by atoms with Gasteiger partial charge in [0, 0.05) is 6.42 Å². The molecule has 0 aliphatic rings. The Morgan fingerprint density at radius 2 is 1.62 bits per heavy atom. The second kappa shape index (κ2) is 9.08. The summed E-state index contributed by atoms with van der Waals surface area (Å²) in [6.45, 7) is 3.62. The predicted molar refractivity (Wildman–Crippen MR) is 92.5 cm³/mol. The highest BCUT2D eigenvalue weighted by atomic mass is 19.4. The molecule has 0 radical (unpaired) electrons. The normalized spacial score (nSPS) is 11.0. The van der Waals surface area contributed by atoms with Crippen LogP contribution in [-0.2, 0) is 6.42 Å². The topological polar surface area (TPSA) is 35.5 Å². The second-order valence-corrected chi connectivity index (χ2v) is 5.62. The van der Waals surface area contributed by atoms with Gasteiger partial charge in [0.25, 0.3) is 0 Å². The predicted octanol–water partition coefficient (Wildman–Crippen LogP) is 5.36. The lowest BCUT2D eigenvalue weighted by Crippen LogP contribution is -2.10. The smallest absolute Gasteiger partial charge is 0.389 e. The summed E-state index contributed by atoms with van der Waals surface area (Å²) in [5, 5.41) is 0. The molecule has 138 valence electrons. The average Bonchev–Trinajstić information content (AvgIpc) is 2.60. The van der Waals surface area contributed by atoms with Crippen molar-refractivity contribution in [1.29, 1.82) is 0 Å². The fourth-order valence-corrected chi connectivity index (χ4v) is 2.18. The third kappa shape index (κ3) is 6.63. The van der Waals surface area contributed by atoms with Gasteiger partial charge in [-0.2, -0.15) is 13.2 Å². The summed E-state index contributed by atoms with van der Waals surface area (Å²) in [6.07, 6.45) is -2.66. The van der Waals surface area contributed by atoms with Gasteiger partial charge in [0.2, 0.25) is 0 Å². The lowest BCUT2D eigenvalue weighted by Gasteiger charge is -2.09. The molecule has 0 bridgehead atoms. The van der Waals surface area contributed by atoms with Crippen molar-refractivity contribution in [3.05, 3.63) is 72.3 Å². The number of ether oxygens (including phenoxy) is 2. The van der Waals surface area contributed by atoms with Gasteiger partial charge in [-0.05, 0) is 54.8 Å². The van der Waals surface area contributed by atoms with Crippen LogP contribution in [0.3, 0.4) is 0 Å². The molecule has 0 aliphatic heterocycles. The Morgan fingerprint density at radius 3 is 2.19 bits per heavy atom. The van der Waals surface area contributed by atoms with Crippen LogP contribution in [0.4, 0.5) is 13.2 Å². The Labute approximate surface area is 150 Å². The Hall–Kier alpha value is -2.76. The summed E-state index contributed by atoms with van der Waals surface area (Å²) in [5.41, 5.74) is 1.38. The Kier molecular flexibility index (Phi) is 6.83. The quantitative estimate of drug-likeness (QED) is 0.274. The van der Waals surface area contributed by atoms with E-state index in [1.807, 2.05) is 12.1 Å². The average molecular weight is 364 g/mol. The van der Waals surface area contributed by atoms with E-state index >= 15 is 0 Å². The molecule has 0 amide bonds. The van der Waals surface area contributed by atoms with Gasteiger partial charge in [-0.25, -0.2) is 4.79 Å². The highest BCUT2D eigenvalue weighted by molar-refractivity contribution is 5.91. The molecule has 0 aliphatic carbocycles. The van der Waals surface area contributed by atoms with E-state index in [9.17, 15) is 18.0 Å². The molecular weight excluding hydrogens is 345 g/mol. The van der Waals surface area contributed by atoms with Crippen molar-refractivity contribution in [2.45, 2.75) is 25.4 Å². The summed E-state index contributed by atoms with van der Waals surface area (Å²) in [7, 11) is 0. The molecule has 3 nitrogen and oxygen atoms in total. The Bertz CT molecular complexity index is 719. The van der Waals surface area contributed by atoms with Crippen molar-refractivity contribution in [2.24, 2.45) is 0 Å². The minimum atomic E-state index is -4.18. The summed E-state index contributed by atoms with van der Waals surface area (Å²) in [6, 6.07) is 13.2. The number of halogens is 3. The number of hydrogen-bond donors (Lipinski definition) is 0. The van der Waals surface area contributed by atoms with Crippen molar-refractivity contribution in [3.63, 3.8) is 0 Å². The van der Waals surface area contributed by atoms with Gasteiger partial charge < -0.3 is 9.47 Å². The van der Waals surface area contributed by atoms with Crippen molar-refractivity contribution < 1.29 is 27.4 Å². The first kappa shape index (κ1) is 19.6. The molecule has 0 N–H and O–H groups in total. The minimum Gasteiger partial charge on any atom is -0.494 e. The first-order valence-electron chi connectivity index (χ1n) is 8.09. The van der Waals surface area contributed by atoms with E-state index in [-0.39, 0.29) is 13.0 Å². The first-order chi connectivity index (χ1) is 12.4. The zero-order valence-corrected chi connectivity index (χ0v) is 14.1. The van der Waals surface area contributed by atoms with Crippen LogP contribution in [0.2, 0.25) is 0 Å². The van der Waals surface area contributed by atoms with Gasteiger partial charge in [0.05, 0.1) is 12.2 Å². The second-order valence-electron chi connectivity index (χ2n) is 5.62. The molecule has 0 saturated heterocycles. The van der Waals surface area contributed by atoms with Crippen LogP contribution in [0.25, 0.3) is 0 Å². The summed E-state index contributed by atoms with van der Waals surface area (Å²) in [5.74, 6) is 0.304. The fraction of sp³-hybridized carbons (Fsp3) is 0.250. The number of carbonyl (C=O) groups excluding carboxylic acids is 1. The van der Waals surface area contributed by atoms with E-state index in [4.69, 9.17) is 9.47 Å². The standard InChI is InChI=1S/C20H19F3O3/c1-2-4-15-5-9-18(10-6-15)26-19(24)16-7-11-17(12-8-16)25-14-3-13-20(21,22)23/h2,5-12H,1,3-4,13-14H2. The van der Waals surface area contributed by atoms with Crippen LogP contribution in [0.1, 0.15) is 28.8 Å². The van der Waals surface area contributed by atoms with Crippen LogP contribution in [0.5, 0.6) is 11.5 Å². The van der Waals surface area contributed by atoms with Crippen LogP contribution in [0, 0.1) is 0 Å². The monoisotopic (exact) mass is 364 g/mol. The largest absolute Gasteiger partial charge is 0.494 e. The van der Waals surface area contributed by atoms with E-state index in [0.29, 0.717) is 17.1 Å². The molecule has 0 atom stereocenters. The molecular formula is C20H19F3O3. The molecule has 0 unspecified atom stereocenters. The van der Waals surface area contributed by atoms with Crippen molar-refractivity contribution in [1.82, 2.24) is 0 Å². The lowest BCUT2D eigenvalue weighted by atomic mass is 10.1. The number of benzene rings is 2. The zero-order chi connectivity index (χ0) is 19.0. The molecule has 2 aromatic carbocycles. The summed E-state index contributed by atoms with van der Waals surface area (Å²) in [4.78, 5) is 12.1. The van der Waals surface area contributed by atoms with Crippen LogP contribution in [-0.4, -0.2) is 18.8 Å². The van der Waals surface area contributed by atoms with Crippen molar-refractivity contribution in [3.8, 4) is 11.5 Å². The van der Waals surface area contributed by atoms with Gasteiger partial charge in [-0.3, -0.25) is 0 Å². The number of allylic oxidation sites excluding steroid dienone is 1. The fourth-order valence-electron chi connectivity index (χ4n) is 2.18. The number of rotatable bonds is 8. The van der Waals surface area contributed by atoms with Crippen LogP contribution in [0.15, 0.2) is 61.2 Å². The van der Waals surface area contributed by atoms with E-state index in [0.717, 1.165) is 12.0 Å². The van der Waals surface area contributed by atoms with E-state index < -0.39 is 18.6 Å². The molecule has 0 fully saturated rings. The molecule has 0 spiro atoms. The van der Waals surface area contributed by atoms with E-state index in [2.05, 4.69) is 6.58 Å². The highest BCUT2D eigenvalue weighted by Crippen LogP contribution is 2.22. The zero-order valence-electron chi connectivity index (χ0n) is 14.1. The van der Waals surface area contributed by atoms with Crippen LogP contribution < -0.4 is 9.47 Å². The molecule has 2 aromatic rings. The van der Waals surface area contributed by atoms with Gasteiger partial charge >= 0.3 is 12.1 Å². The molecule has 6 heteroatoms. The Morgan fingerprint density at radius 1 is 1.00 bits per heavy atom. The van der Waals surface area contributed by atoms with E-state index in [1.165, 1.54) is 24.3 Å². The van der Waals surface area contributed by atoms with Crippen molar-refractivity contribution in [2.75, 3.05) is 6.61 Å². The lowest BCUT2D eigenvalue weighted by molar-refractivity contribution is -0.136. The van der Waals surface area contributed by atoms with Gasteiger partial charge in [0.15, 0.2) is 0 Å².